The van der Waals surface area contributed by atoms with E-state index in [0.29, 0.717) is 0 Å². The zero-order valence-corrected chi connectivity index (χ0v) is 12.1. The lowest BCUT2D eigenvalue weighted by Crippen LogP contribution is -2.44. The van der Waals surface area contributed by atoms with Crippen molar-refractivity contribution in [1.82, 2.24) is 15.5 Å². The van der Waals surface area contributed by atoms with Gasteiger partial charge in [-0.15, -0.1) is 0 Å². The number of guanidine groups is 1. The van der Waals surface area contributed by atoms with Gasteiger partial charge in [-0.25, -0.2) is 0 Å². The first-order valence-corrected chi connectivity index (χ1v) is 7.77. The van der Waals surface area contributed by atoms with E-state index in [2.05, 4.69) is 33.8 Å². The van der Waals surface area contributed by atoms with Crippen LogP contribution in [0.5, 0.6) is 0 Å². The SMILES string of the molecule is CN=C(NCCSC)NCC1CCCN(C)C1. The number of thioether (sulfide) groups is 1. The number of nitrogens with one attached hydrogen (secondary N) is 2. The Labute approximate surface area is 110 Å². The van der Waals surface area contributed by atoms with Crippen LogP contribution in [0.1, 0.15) is 12.8 Å². The number of nitrogens with zero attached hydrogens (tertiary/aromatic N) is 2. The largest absolute Gasteiger partial charge is 0.356 e. The third-order valence-corrected chi connectivity index (χ3v) is 3.71. The molecule has 1 heterocycles. The number of rotatable bonds is 5. The summed E-state index contributed by atoms with van der Waals surface area (Å²) in [6.45, 7) is 4.46. The van der Waals surface area contributed by atoms with Gasteiger partial charge in [0.1, 0.15) is 0 Å². The summed E-state index contributed by atoms with van der Waals surface area (Å²) >= 11 is 1.85. The Bertz CT molecular complexity index is 233. The Morgan fingerprint density at radius 1 is 1.47 bits per heavy atom. The van der Waals surface area contributed by atoms with Crippen LogP contribution in [-0.4, -0.2) is 63.1 Å². The molecule has 17 heavy (non-hydrogen) atoms. The first kappa shape index (κ1) is 14.6. The fraction of sp³-hybridized carbons (Fsp3) is 0.917. The van der Waals surface area contributed by atoms with Gasteiger partial charge in [0.25, 0.3) is 0 Å². The molecule has 2 N–H and O–H groups in total. The molecule has 4 nitrogen and oxygen atoms in total. The van der Waals surface area contributed by atoms with Gasteiger partial charge in [0.2, 0.25) is 0 Å². The fourth-order valence-electron chi connectivity index (χ4n) is 2.17. The van der Waals surface area contributed by atoms with Crippen molar-refractivity contribution in [2.24, 2.45) is 10.9 Å². The molecule has 0 aromatic carbocycles. The minimum absolute atomic E-state index is 0.757. The summed E-state index contributed by atoms with van der Waals surface area (Å²) in [7, 11) is 4.04. The van der Waals surface area contributed by atoms with E-state index >= 15 is 0 Å². The van der Waals surface area contributed by atoms with Crippen LogP contribution in [0, 0.1) is 5.92 Å². The fourth-order valence-corrected chi connectivity index (χ4v) is 2.48. The van der Waals surface area contributed by atoms with Gasteiger partial charge in [-0.05, 0) is 38.6 Å². The minimum Gasteiger partial charge on any atom is -0.356 e. The molecule has 1 aliphatic heterocycles. The highest BCUT2D eigenvalue weighted by Crippen LogP contribution is 2.13. The van der Waals surface area contributed by atoms with E-state index in [0.717, 1.165) is 30.7 Å². The molecule has 0 radical (unpaired) electrons. The summed E-state index contributed by atoms with van der Waals surface area (Å²) in [5.74, 6) is 2.81. The predicted octanol–water partition coefficient (Wildman–Crippen LogP) is 0.856. The molecule has 100 valence electrons. The average Bonchev–Trinajstić information content (AvgIpc) is 2.34. The van der Waals surface area contributed by atoms with Crippen molar-refractivity contribution in [3.8, 4) is 0 Å². The second-order valence-electron chi connectivity index (χ2n) is 4.64. The van der Waals surface area contributed by atoms with E-state index in [4.69, 9.17) is 0 Å². The molecule has 0 aromatic heterocycles. The van der Waals surface area contributed by atoms with Crippen molar-refractivity contribution in [2.45, 2.75) is 12.8 Å². The number of likely N-dealkylation sites (tertiary alicyclic amines) is 1. The monoisotopic (exact) mass is 258 g/mol. The normalized spacial score (nSPS) is 22.5. The van der Waals surface area contributed by atoms with Crippen LogP contribution in [0.3, 0.4) is 0 Å². The molecule has 0 saturated carbocycles. The van der Waals surface area contributed by atoms with Gasteiger partial charge < -0.3 is 15.5 Å². The van der Waals surface area contributed by atoms with Crippen molar-refractivity contribution in [3.05, 3.63) is 0 Å². The first-order valence-electron chi connectivity index (χ1n) is 6.38. The first-order chi connectivity index (χ1) is 8.26. The van der Waals surface area contributed by atoms with E-state index in [9.17, 15) is 0 Å². The standard InChI is InChI=1S/C12H26N4S/c1-13-12(14-6-8-17-3)15-9-11-5-4-7-16(2)10-11/h11H,4-10H2,1-3H3,(H2,13,14,15). The van der Waals surface area contributed by atoms with Gasteiger partial charge in [-0.1, -0.05) is 0 Å². The summed E-state index contributed by atoms with van der Waals surface area (Å²) in [5, 5.41) is 6.75. The molecule has 0 amide bonds. The molecule has 0 aliphatic carbocycles. The van der Waals surface area contributed by atoms with Gasteiger partial charge in [0.15, 0.2) is 5.96 Å². The maximum absolute atomic E-state index is 4.23. The second-order valence-corrected chi connectivity index (χ2v) is 5.63. The van der Waals surface area contributed by atoms with Gasteiger partial charge in [0, 0.05) is 32.4 Å². The zero-order valence-electron chi connectivity index (χ0n) is 11.3. The Morgan fingerprint density at radius 3 is 2.94 bits per heavy atom. The third kappa shape index (κ3) is 6.17. The van der Waals surface area contributed by atoms with E-state index in [1.807, 2.05) is 18.8 Å². The number of piperidine rings is 1. The Morgan fingerprint density at radius 2 is 2.29 bits per heavy atom. The van der Waals surface area contributed by atoms with Crippen LogP contribution in [0.25, 0.3) is 0 Å². The lowest BCUT2D eigenvalue weighted by Gasteiger charge is -2.30. The van der Waals surface area contributed by atoms with Gasteiger partial charge in [0.05, 0.1) is 0 Å². The highest BCUT2D eigenvalue weighted by atomic mass is 32.2. The van der Waals surface area contributed by atoms with Crippen molar-refractivity contribution >= 4 is 17.7 Å². The van der Waals surface area contributed by atoms with Crippen LogP contribution in [0.2, 0.25) is 0 Å². The molecule has 1 fully saturated rings. The molecular weight excluding hydrogens is 232 g/mol. The molecule has 0 spiro atoms. The topological polar surface area (TPSA) is 39.7 Å². The van der Waals surface area contributed by atoms with Crippen LogP contribution in [0.15, 0.2) is 4.99 Å². The summed E-state index contributed by atoms with van der Waals surface area (Å²) in [6, 6.07) is 0. The Kier molecular flexibility index (Phi) is 7.44. The van der Waals surface area contributed by atoms with E-state index in [1.54, 1.807) is 0 Å². The van der Waals surface area contributed by atoms with Crippen molar-refractivity contribution in [3.63, 3.8) is 0 Å². The van der Waals surface area contributed by atoms with E-state index < -0.39 is 0 Å². The smallest absolute Gasteiger partial charge is 0.191 e. The molecule has 1 saturated heterocycles. The highest BCUT2D eigenvalue weighted by Gasteiger charge is 2.16. The molecule has 1 unspecified atom stereocenters. The number of aliphatic imine (C=N–C) groups is 1. The molecule has 5 heteroatoms. The number of hydrogen-bond acceptors (Lipinski definition) is 3. The van der Waals surface area contributed by atoms with E-state index in [-0.39, 0.29) is 0 Å². The van der Waals surface area contributed by atoms with Gasteiger partial charge in [-0.3, -0.25) is 4.99 Å². The second kappa shape index (κ2) is 8.64. The van der Waals surface area contributed by atoms with Gasteiger partial charge in [-0.2, -0.15) is 11.8 Å². The van der Waals surface area contributed by atoms with E-state index in [1.165, 1.54) is 25.9 Å². The summed E-state index contributed by atoms with van der Waals surface area (Å²) in [6.07, 6.45) is 4.77. The van der Waals surface area contributed by atoms with Crippen molar-refractivity contribution in [1.29, 1.82) is 0 Å². The van der Waals surface area contributed by atoms with Crippen molar-refractivity contribution < 1.29 is 0 Å². The van der Waals surface area contributed by atoms with Crippen LogP contribution < -0.4 is 10.6 Å². The van der Waals surface area contributed by atoms with Crippen LogP contribution >= 0.6 is 11.8 Å². The summed E-state index contributed by atoms with van der Waals surface area (Å²) in [5.41, 5.74) is 0. The molecule has 1 aliphatic rings. The molecule has 1 atom stereocenters. The zero-order chi connectivity index (χ0) is 12.5. The lowest BCUT2D eigenvalue weighted by molar-refractivity contribution is 0.210. The highest BCUT2D eigenvalue weighted by molar-refractivity contribution is 7.98. The molecule has 0 bridgehead atoms. The quantitative estimate of drug-likeness (QED) is 0.436. The predicted molar refractivity (Wildman–Crippen MR) is 78.0 cm³/mol. The molecular formula is C12H26N4S. The summed E-state index contributed by atoms with van der Waals surface area (Å²) < 4.78 is 0. The molecule has 1 rings (SSSR count). The van der Waals surface area contributed by atoms with Crippen LogP contribution in [-0.2, 0) is 0 Å². The maximum atomic E-state index is 4.23. The summed E-state index contributed by atoms with van der Waals surface area (Å²) in [4.78, 5) is 6.65. The molecule has 0 aromatic rings. The minimum atomic E-state index is 0.757. The van der Waals surface area contributed by atoms with Crippen molar-refractivity contribution in [2.75, 3.05) is 52.3 Å². The number of hydrogen-bond donors (Lipinski definition) is 2. The maximum Gasteiger partial charge on any atom is 0.191 e. The average molecular weight is 258 g/mol. The van der Waals surface area contributed by atoms with Gasteiger partial charge >= 0.3 is 0 Å². The third-order valence-electron chi connectivity index (χ3n) is 3.10. The lowest BCUT2D eigenvalue weighted by atomic mass is 9.99. The Hall–Kier alpha value is -0.420. The van der Waals surface area contributed by atoms with Crippen LogP contribution in [0.4, 0.5) is 0 Å². The Balaban J connectivity index is 2.18.